The molecule has 1 aromatic carbocycles. The van der Waals surface area contributed by atoms with Gasteiger partial charge in [0, 0.05) is 24.2 Å². The fourth-order valence-electron chi connectivity index (χ4n) is 2.97. The minimum atomic E-state index is 0.635. The summed E-state index contributed by atoms with van der Waals surface area (Å²) >= 11 is 0. The zero-order chi connectivity index (χ0) is 12.3. The molecule has 0 amide bonds. The molecule has 2 N–H and O–H groups in total. The summed E-state index contributed by atoms with van der Waals surface area (Å²) in [5.41, 5.74) is 8.66. The van der Waals surface area contributed by atoms with Crippen LogP contribution in [0.2, 0.25) is 0 Å². The number of anilines is 1. The third-order valence-electron chi connectivity index (χ3n) is 3.86. The van der Waals surface area contributed by atoms with Crippen LogP contribution in [0.15, 0.2) is 24.3 Å². The number of hydrogen-bond donors (Lipinski definition) is 1. The molecule has 2 unspecified atom stereocenters. The Hall–Kier alpha value is -1.02. The van der Waals surface area contributed by atoms with Gasteiger partial charge in [0.1, 0.15) is 0 Å². The van der Waals surface area contributed by atoms with Crippen molar-refractivity contribution in [3.8, 4) is 0 Å². The molecular weight excluding hydrogens is 208 g/mol. The monoisotopic (exact) mass is 232 g/mol. The Morgan fingerprint density at radius 2 is 2.18 bits per heavy atom. The summed E-state index contributed by atoms with van der Waals surface area (Å²) in [5.74, 6) is 0.635. The minimum absolute atomic E-state index is 0.635. The van der Waals surface area contributed by atoms with E-state index < -0.39 is 0 Å². The zero-order valence-corrected chi connectivity index (χ0v) is 11.0. The van der Waals surface area contributed by atoms with Crippen LogP contribution in [0.5, 0.6) is 0 Å². The Morgan fingerprint density at radius 3 is 2.88 bits per heavy atom. The van der Waals surface area contributed by atoms with Crippen LogP contribution < -0.4 is 10.6 Å². The van der Waals surface area contributed by atoms with Gasteiger partial charge in [0.25, 0.3) is 0 Å². The summed E-state index contributed by atoms with van der Waals surface area (Å²) in [5, 5.41) is 0. The van der Waals surface area contributed by atoms with Gasteiger partial charge in [0.15, 0.2) is 0 Å². The molecule has 0 aliphatic carbocycles. The Kier molecular flexibility index (Phi) is 4.06. The van der Waals surface area contributed by atoms with Crippen molar-refractivity contribution in [1.29, 1.82) is 0 Å². The van der Waals surface area contributed by atoms with Gasteiger partial charge in [-0.15, -0.1) is 0 Å². The molecule has 0 saturated carbocycles. The second kappa shape index (κ2) is 5.54. The summed E-state index contributed by atoms with van der Waals surface area (Å²) in [6.07, 6.45) is 3.62. The third kappa shape index (κ3) is 2.47. The van der Waals surface area contributed by atoms with Crippen LogP contribution >= 0.6 is 0 Å². The molecule has 0 aromatic heterocycles. The van der Waals surface area contributed by atoms with E-state index >= 15 is 0 Å². The van der Waals surface area contributed by atoms with Crippen molar-refractivity contribution in [3.63, 3.8) is 0 Å². The van der Waals surface area contributed by atoms with Crippen molar-refractivity contribution in [2.24, 2.45) is 5.73 Å². The summed E-state index contributed by atoms with van der Waals surface area (Å²) < 4.78 is 0. The van der Waals surface area contributed by atoms with Crippen molar-refractivity contribution >= 4 is 5.69 Å². The van der Waals surface area contributed by atoms with Crippen molar-refractivity contribution in [1.82, 2.24) is 0 Å². The summed E-state index contributed by atoms with van der Waals surface area (Å²) in [7, 11) is 0. The molecular formula is C15H24N2. The predicted molar refractivity (Wildman–Crippen MR) is 74.6 cm³/mol. The highest BCUT2D eigenvalue weighted by Gasteiger charge is 2.29. The van der Waals surface area contributed by atoms with Crippen molar-refractivity contribution < 1.29 is 0 Å². The van der Waals surface area contributed by atoms with Gasteiger partial charge in [-0.3, -0.25) is 0 Å². The number of nitrogens with zero attached hydrogens (tertiary/aromatic N) is 1. The van der Waals surface area contributed by atoms with Crippen LogP contribution in [0.3, 0.4) is 0 Å². The van der Waals surface area contributed by atoms with Gasteiger partial charge < -0.3 is 10.6 Å². The molecule has 17 heavy (non-hydrogen) atoms. The fraction of sp³-hybridized carbons (Fsp3) is 0.600. The number of nitrogens with two attached hydrogens (primary N) is 1. The summed E-state index contributed by atoms with van der Waals surface area (Å²) in [6.45, 7) is 6.54. The van der Waals surface area contributed by atoms with Crippen LogP contribution in [0, 0.1) is 0 Å². The fourth-order valence-corrected chi connectivity index (χ4v) is 2.97. The molecule has 0 bridgehead atoms. The van der Waals surface area contributed by atoms with Gasteiger partial charge in [0.05, 0.1) is 0 Å². The SMILES string of the molecule is CCCC(C)N1CC(CCN)c2ccccc21. The van der Waals surface area contributed by atoms with E-state index in [0.717, 1.165) is 19.5 Å². The largest absolute Gasteiger partial charge is 0.368 e. The highest BCUT2D eigenvalue weighted by atomic mass is 15.2. The summed E-state index contributed by atoms with van der Waals surface area (Å²) in [6, 6.07) is 9.47. The van der Waals surface area contributed by atoms with E-state index in [1.807, 2.05) is 0 Å². The molecule has 2 rings (SSSR count). The van der Waals surface area contributed by atoms with E-state index in [0.29, 0.717) is 12.0 Å². The van der Waals surface area contributed by atoms with E-state index in [-0.39, 0.29) is 0 Å². The zero-order valence-electron chi connectivity index (χ0n) is 11.0. The molecule has 2 atom stereocenters. The molecule has 1 aliphatic rings. The summed E-state index contributed by atoms with van der Waals surface area (Å²) in [4.78, 5) is 2.57. The lowest BCUT2D eigenvalue weighted by Gasteiger charge is -2.27. The predicted octanol–water partition coefficient (Wildman–Crippen LogP) is 3.13. The highest BCUT2D eigenvalue weighted by Crippen LogP contribution is 2.39. The minimum Gasteiger partial charge on any atom is -0.368 e. The van der Waals surface area contributed by atoms with Crippen LogP contribution in [0.4, 0.5) is 5.69 Å². The first-order chi connectivity index (χ1) is 8.27. The molecule has 1 aromatic rings. The topological polar surface area (TPSA) is 29.3 Å². The van der Waals surface area contributed by atoms with Gasteiger partial charge in [-0.1, -0.05) is 31.5 Å². The lowest BCUT2D eigenvalue weighted by atomic mass is 9.98. The number of para-hydroxylation sites is 1. The lowest BCUT2D eigenvalue weighted by molar-refractivity contribution is 0.559. The number of fused-ring (bicyclic) bond motifs is 1. The maximum Gasteiger partial charge on any atom is 0.0404 e. The van der Waals surface area contributed by atoms with Gasteiger partial charge in [-0.2, -0.15) is 0 Å². The molecule has 1 heterocycles. The van der Waals surface area contributed by atoms with Gasteiger partial charge in [-0.25, -0.2) is 0 Å². The second-order valence-corrected chi connectivity index (χ2v) is 5.12. The quantitative estimate of drug-likeness (QED) is 0.845. The second-order valence-electron chi connectivity index (χ2n) is 5.12. The lowest BCUT2D eigenvalue weighted by Crippen LogP contribution is -2.32. The van der Waals surface area contributed by atoms with Gasteiger partial charge in [0.2, 0.25) is 0 Å². The molecule has 0 spiro atoms. The van der Waals surface area contributed by atoms with E-state index in [1.165, 1.54) is 24.1 Å². The van der Waals surface area contributed by atoms with E-state index in [4.69, 9.17) is 5.73 Å². The Bertz CT molecular complexity index is 362. The van der Waals surface area contributed by atoms with Crippen molar-refractivity contribution in [3.05, 3.63) is 29.8 Å². The standard InChI is InChI=1S/C15H24N2/c1-3-6-12(2)17-11-13(9-10-16)14-7-4-5-8-15(14)17/h4-5,7-8,12-13H,3,6,9-11,16H2,1-2H3. The Labute approximate surface area is 105 Å². The average molecular weight is 232 g/mol. The first-order valence-electron chi connectivity index (χ1n) is 6.83. The maximum absolute atomic E-state index is 5.73. The van der Waals surface area contributed by atoms with Crippen LogP contribution in [0.1, 0.15) is 44.6 Å². The first-order valence-corrected chi connectivity index (χ1v) is 6.83. The van der Waals surface area contributed by atoms with Crippen LogP contribution in [-0.4, -0.2) is 19.1 Å². The van der Waals surface area contributed by atoms with E-state index in [9.17, 15) is 0 Å². The molecule has 0 fully saturated rings. The molecule has 2 nitrogen and oxygen atoms in total. The smallest absolute Gasteiger partial charge is 0.0404 e. The first kappa shape index (κ1) is 12.4. The number of benzene rings is 1. The Balaban J connectivity index is 2.21. The van der Waals surface area contributed by atoms with Gasteiger partial charge >= 0.3 is 0 Å². The van der Waals surface area contributed by atoms with Gasteiger partial charge in [-0.05, 0) is 37.9 Å². The van der Waals surface area contributed by atoms with Crippen molar-refractivity contribution in [2.75, 3.05) is 18.0 Å². The normalized spacial score (nSPS) is 20.4. The molecule has 0 saturated heterocycles. The highest BCUT2D eigenvalue weighted by molar-refractivity contribution is 5.60. The van der Waals surface area contributed by atoms with Crippen LogP contribution in [0.25, 0.3) is 0 Å². The molecule has 0 radical (unpaired) electrons. The average Bonchev–Trinajstić information content (AvgIpc) is 2.70. The molecule has 1 aliphatic heterocycles. The van der Waals surface area contributed by atoms with E-state index in [1.54, 1.807) is 0 Å². The molecule has 2 heteroatoms. The number of rotatable bonds is 5. The molecule has 94 valence electrons. The van der Waals surface area contributed by atoms with Crippen molar-refractivity contribution in [2.45, 2.75) is 45.1 Å². The van der Waals surface area contributed by atoms with Crippen LogP contribution in [-0.2, 0) is 0 Å². The maximum atomic E-state index is 5.73. The van der Waals surface area contributed by atoms with E-state index in [2.05, 4.69) is 43.0 Å². The Morgan fingerprint density at radius 1 is 1.41 bits per heavy atom. The third-order valence-corrected chi connectivity index (χ3v) is 3.86. The number of hydrogen-bond acceptors (Lipinski definition) is 2.